The topological polar surface area (TPSA) is 72.8 Å². The van der Waals surface area contributed by atoms with Gasteiger partial charge in [0.2, 0.25) is 0 Å². The van der Waals surface area contributed by atoms with Crippen molar-refractivity contribution in [1.82, 2.24) is 0 Å². The van der Waals surface area contributed by atoms with Crippen molar-refractivity contribution in [2.24, 2.45) is 0 Å². The number of rotatable bonds is 58. The Balaban J connectivity index is 3.39. The van der Waals surface area contributed by atoms with Gasteiger partial charge in [-0.15, -0.1) is 0 Å². The van der Waals surface area contributed by atoms with E-state index in [9.17, 15) is 14.7 Å². The van der Waals surface area contributed by atoms with E-state index in [-0.39, 0.29) is 25.2 Å². The summed E-state index contributed by atoms with van der Waals surface area (Å²) in [5, 5.41) is 9.67. The second-order valence-corrected chi connectivity index (χ2v) is 21.1. The number of unbranched alkanes of at least 4 members (excludes halogenated alkanes) is 48. The van der Waals surface area contributed by atoms with Gasteiger partial charge in [-0.25, -0.2) is 0 Å². The molecule has 1 N–H and O–H groups in total. The van der Waals surface area contributed by atoms with Crippen molar-refractivity contribution < 1.29 is 24.2 Å². The van der Waals surface area contributed by atoms with E-state index < -0.39 is 6.10 Å². The monoisotopic (exact) mass is 945 g/mol. The van der Waals surface area contributed by atoms with Crippen molar-refractivity contribution in [3.8, 4) is 0 Å². The average molecular weight is 946 g/mol. The molecule has 0 aliphatic rings. The number of allylic oxidation sites excluding steroid dienone is 2. The molecule has 0 rings (SSSR count). The first-order chi connectivity index (χ1) is 33.1. The Morgan fingerprint density at radius 3 is 0.806 bits per heavy atom. The molecule has 398 valence electrons. The normalized spacial score (nSPS) is 12.1. The molecular formula is C62H120O5. The van der Waals surface area contributed by atoms with E-state index in [1.807, 2.05) is 0 Å². The van der Waals surface area contributed by atoms with Crippen LogP contribution in [0.2, 0.25) is 0 Å². The summed E-state index contributed by atoms with van der Waals surface area (Å²) < 4.78 is 10.7. The standard InChI is InChI=1S/C62H120O5/c1-3-5-7-9-11-13-15-17-19-21-23-25-27-28-29-30-31-32-33-34-35-37-39-41-43-45-47-49-51-53-55-57-62(65)67-60(58-63)59-66-61(64)56-54-52-50-48-46-44-42-40-38-36-26-24-22-20-18-16-14-12-10-8-6-4-2/h21,23,60,63H,3-20,22,24-59H2,1-2H3/b23-21-. The van der Waals surface area contributed by atoms with E-state index in [4.69, 9.17) is 9.47 Å². The molecule has 0 aromatic rings. The number of carbonyl (C=O) groups is 2. The number of ether oxygens (including phenoxy) is 2. The molecule has 0 aliphatic carbocycles. The summed E-state index contributed by atoms with van der Waals surface area (Å²) in [6.07, 6.45) is 73.6. The van der Waals surface area contributed by atoms with Crippen LogP contribution in [0.3, 0.4) is 0 Å². The minimum absolute atomic E-state index is 0.0570. The second-order valence-electron chi connectivity index (χ2n) is 21.1. The molecule has 5 heteroatoms. The maximum Gasteiger partial charge on any atom is 0.306 e. The average Bonchev–Trinajstić information content (AvgIpc) is 3.33. The molecule has 0 bridgehead atoms. The fourth-order valence-corrected chi connectivity index (χ4v) is 9.67. The van der Waals surface area contributed by atoms with E-state index in [1.165, 1.54) is 295 Å². The molecule has 0 heterocycles. The number of hydrogen-bond acceptors (Lipinski definition) is 5. The fraction of sp³-hybridized carbons (Fsp3) is 0.935. The third kappa shape index (κ3) is 57.1. The second kappa shape index (κ2) is 59.0. The maximum atomic E-state index is 12.3. The van der Waals surface area contributed by atoms with Gasteiger partial charge in [-0.05, 0) is 38.5 Å². The fourth-order valence-electron chi connectivity index (χ4n) is 9.67. The first-order valence-corrected chi connectivity index (χ1v) is 30.7. The minimum Gasteiger partial charge on any atom is -0.462 e. The lowest BCUT2D eigenvalue weighted by molar-refractivity contribution is -0.161. The molecule has 0 amide bonds. The van der Waals surface area contributed by atoms with Gasteiger partial charge in [0.1, 0.15) is 6.61 Å². The van der Waals surface area contributed by atoms with Crippen molar-refractivity contribution in [3.63, 3.8) is 0 Å². The zero-order chi connectivity index (χ0) is 48.5. The van der Waals surface area contributed by atoms with Crippen LogP contribution < -0.4 is 0 Å². The number of hydrogen-bond donors (Lipinski definition) is 1. The van der Waals surface area contributed by atoms with E-state index >= 15 is 0 Å². The molecule has 1 atom stereocenters. The van der Waals surface area contributed by atoms with Crippen molar-refractivity contribution in [3.05, 3.63) is 12.2 Å². The van der Waals surface area contributed by atoms with Crippen LogP contribution >= 0.6 is 0 Å². The van der Waals surface area contributed by atoms with Crippen molar-refractivity contribution in [2.45, 2.75) is 360 Å². The summed E-state index contributed by atoms with van der Waals surface area (Å²) in [5.41, 5.74) is 0. The van der Waals surface area contributed by atoms with Crippen LogP contribution in [0.1, 0.15) is 354 Å². The summed E-state index contributed by atoms with van der Waals surface area (Å²) in [6.45, 7) is 4.21. The third-order valence-corrected chi connectivity index (χ3v) is 14.3. The van der Waals surface area contributed by atoms with Crippen LogP contribution in [0.25, 0.3) is 0 Å². The highest BCUT2D eigenvalue weighted by molar-refractivity contribution is 5.70. The van der Waals surface area contributed by atoms with Crippen LogP contribution in [0.5, 0.6) is 0 Å². The highest BCUT2D eigenvalue weighted by Crippen LogP contribution is 2.18. The number of aliphatic hydroxyl groups is 1. The molecule has 67 heavy (non-hydrogen) atoms. The zero-order valence-corrected chi connectivity index (χ0v) is 45.7. The molecule has 0 spiro atoms. The third-order valence-electron chi connectivity index (χ3n) is 14.3. The van der Waals surface area contributed by atoms with Gasteiger partial charge in [-0.3, -0.25) is 9.59 Å². The SMILES string of the molecule is CCCCCCCCCC/C=C\CCCCCCCCCCCCCCCCCCCCCC(=O)OC(CO)COC(=O)CCCCCCCCCCCCCCCCCCCCCCCC. The van der Waals surface area contributed by atoms with Gasteiger partial charge < -0.3 is 14.6 Å². The van der Waals surface area contributed by atoms with Gasteiger partial charge in [0.05, 0.1) is 6.61 Å². The Kier molecular flexibility index (Phi) is 57.8. The van der Waals surface area contributed by atoms with Crippen molar-refractivity contribution in [2.75, 3.05) is 13.2 Å². The summed E-state index contributed by atoms with van der Waals surface area (Å²) in [5.74, 6) is -0.564. The van der Waals surface area contributed by atoms with Gasteiger partial charge in [-0.2, -0.15) is 0 Å². The Hall–Kier alpha value is -1.36. The van der Waals surface area contributed by atoms with Gasteiger partial charge in [-0.1, -0.05) is 315 Å². The smallest absolute Gasteiger partial charge is 0.306 e. The largest absolute Gasteiger partial charge is 0.462 e. The minimum atomic E-state index is -0.766. The number of carbonyl (C=O) groups excluding carboxylic acids is 2. The molecule has 0 aromatic heterocycles. The van der Waals surface area contributed by atoms with E-state index in [0.29, 0.717) is 12.8 Å². The van der Waals surface area contributed by atoms with E-state index in [0.717, 1.165) is 32.1 Å². The highest BCUT2D eigenvalue weighted by Gasteiger charge is 2.16. The zero-order valence-electron chi connectivity index (χ0n) is 45.7. The van der Waals surface area contributed by atoms with Gasteiger partial charge in [0.15, 0.2) is 6.10 Å². The molecular weight excluding hydrogens is 825 g/mol. The molecule has 0 aliphatic heterocycles. The molecule has 0 aromatic carbocycles. The Bertz CT molecular complexity index is 979. The maximum absolute atomic E-state index is 12.3. The Morgan fingerprint density at radius 2 is 0.552 bits per heavy atom. The number of esters is 2. The lowest BCUT2D eigenvalue weighted by atomic mass is 10.0. The van der Waals surface area contributed by atoms with Crippen LogP contribution in [-0.2, 0) is 19.1 Å². The van der Waals surface area contributed by atoms with E-state index in [1.54, 1.807) is 0 Å². The first-order valence-electron chi connectivity index (χ1n) is 30.7. The van der Waals surface area contributed by atoms with Gasteiger partial charge >= 0.3 is 11.9 Å². The van der Waals surface area contributed by atoms with Crippen LogP contribution in [0.4, 0.5) is 0 Å². The van der Waals surface area contributed by atoms with Crippen molar-refractivity contribution in [1.29, 1.82) is 0 Å². The molecule has 1 unspecified atom stereocenters. The molecule has 0 saturated heterocycles. The summed E-state index contributed by atoms with van der Waals surface area (Å²) >= 11 is 0. The van der Waals surface area contributed by atoms with Gasteiger partial charge in [0.25, 0.3) is 0 Å². The predicted molar refractivity (Wildman–Crippen MR) is 293 cm³/mol. The van der Waals surface area contributed by atoms with Crippen LogP contribution in [0.15, 0.2) is 12.2 Å². The molecule has 0 fully saturated rings. The lowest BCUT2D eigenvalue weighted by Gasteiger charge is -2.15. The van der Waals surface area contributed by atoms with Crippen LogP contribution in [-0.4, -0.2) is 36.4 Å². The lowest BCUT2D eigenvalue weighted by Crippen LogP contribution is -2.28. The quantitative estimate of drug-likeness (QED) is 0.0374. The van der Waals surface area contributed by atoms with Crippen LogP contribution in [0, 0.1) is 0 Å². The first kappa shape index (κ1) is 65.6. The molecule has 5 nitrogen and oxygen atoms in total. The highest BCUT2D eigenvalue weighted by atomic mass is 16.6. The molecule has 0 saturated carbocycles. The summed E-state index contributed by atoms with van der Waals surface area (Å²) in [4.78, 5) is 24.6. The summed E-state index contributed by atoms with van der Waals surface area (Å²) in [7, 11) is 0. The Morgan fingerprint density at radius 1 is 0.328 bits per heavy atom. The van der Waals surface area contributed by atoms with Crippen molar-refractivity contribution >= 4 is 11.9 Å². The van der Waals surface area contributed by atoms with Gasteiger partial charge in [0, 0.05) is 12.8 Å². The summed E-state index contributed by atoms with van der Waals surface area (Å²) in [6, 6.07) is 0. The van der Waals surface area contributed by atoms with E-state index in [2.05, 4.69) is 26.0 Å². The predicted octanol–water partition coefficient (Wildman–Crippen LogP) is 20.7. The number of aliphatic hydroxyl groups excluding tert-OH is 1. The Labute approximate surface area is 420 Å². The molecule has 0 radical (unpaired) electrons.